The molecule has 0 spiro atoms. The van der Waals surface area contributed by atoms with Crippen LogP contribution in [0.2, 0.25) is 0 Å². The van der Waals surface area contributed by atoms with E-state index in [2.05, 4.69) is 49.9 Å². The molecule has 0 aliphatic carbocycles. The number of pyridine rings is 1. The molecule has 1 aliphatic heterocycles. The second-order valence-electron chi connectivity index (χ2n) is 7.75. The second kappa shape index (κ2) is 8.57. The van der Waals surface area contributed by atoms with E-state index in [9.17, 15) is 0 Å². The molecule has 150 valence electrons. The smallest absolute Gasteiger partial charge is 0.150 e. The number of hydrogen-bond acceptors (Lipinski definition) is 6. The molecule has 2 radical (unpaired) electrons. The molecule has 0 amide bonds. The van der Waals surface area contributed by atoms with Gasteiger partial charge in [0, 0.05) is 54.2 Å². The Hall–Kier alpha value is -2.71. The van der Waals surface area contributed by atoms with Crippen molar-refractivity contribution in [2.45, 2.75) is 31.8 Å². The molecule has 5 heterocycles. The maximum absolute atomic E-state index is 6.16. The third kappa shape index (κ3) is 4.11. The van der Waals surface area contributed by atoms with Gasteiger partial charge in [0.1, 0.15) is 19.3 Å². The number of nitrogens with zero attached hydrogens (tertiary/aromatic N) is 5. The van der Waals surface area contributed by atoms with Crippen LogP contribution < -0.4 is 10.8 Å². The van der Waals surface area contributed by atoms with E-state index in [1.54, 1.807) is 16.9 Å². The van der Waals surface area contributed by atoms with Crippen LogP contribution >= 0.6 is 11.3 Å². The van der Waals surface area contributed by atoms with Gasteiger partial charge >= 0.3 is 0 Å². The first-order valence-corrected chi connectivity index (χ1v) is 11.2. The molecule has 5 rings (SSSR count). The zero-order valence-corrected chi connectivity index (χ0v) is 17.6. The van der Waals surface area contributed by atoms with Gasteiger partial charge in [-0.1, -0.05) is 12.1 Å². The average Bonchev–Trinajstić information content (AvgIpc) is 3.43. The van der Waals surface area contributed by atoms with Crippen molar-refractivity contribution in [3.8, 4) is 0 Å². The molecule has 1 aliphatic rings. The van der Waals surface area contributed by atoms with Crippen LogP contribution in [0.3, 0.4) is 0 Å². The number of piperidine rings is 1. The van der Waals surface area contributed by atoms with E-state index in [0.29, 0.717) is 17.9 Å². The van der Waals surface area contributed by atoms with Gasteiger partial charge in [0.05, 0.1) is 0 Å². The van der Waals surface area contributed by atoms with E-state index < -0.39 is 0 Å². The summed E-state index contributed by atoms with van der Waals surface area (Å²) in [4.78, 5) is 13.0. The van der Waals surface area contributed by atoms with Gasteiger partial charge in [-0.05, 0) is 54.5 Å². The fraction of sp³-hybridized carbons (Fsp3) is 0.318. The highest BCUT2D eigenvalue weighted by atomic mass is 32.1. The molecule has 1 fully saturated rings. The van der Waals surface area contributed by atoms with E-state index in [-0.39, 0.29) is 0 Å². The molecule has 8 heteroatoms. The van der Waals surface area contributed by atoms with E-state index in [1.165, 1.54) is 4.88 Å². The predicted molar refractivity (Wildman–Crippen MR) is 122 cm³/mol. The number of aromatic nitrogens is 4. The predicted octanol–water partition coefficient (Wildman–Crippen LogP) is 2.97. The molecule has 4 aromatic rings. The van der Waals surface area contributed by atoms with Crippen LogP contribution in [0.5, 0.6) is 0 Å². The molecule has 6 nitrogen and oxygen atoms in total. The van der Waals surface area contributed by atoms with Gasteiger partial charge in [0.15, 0.2) is 0 Å². The number of thiophene rings is 1. The maximum atomic E-state index is 6.16. The van der Waals surface area contributed by atoms with Gasteiger partial charge in [0.25, 0.3) is 0 Å². The quantitative estimate of drug-likeness (QED) is 0.492. The van der Waals surface area contributed by atoms with Crippen molar-refractivity contribution in [3.05, 3.63) is 70.4 Å². The molecule has 0 saturated carbocycles. The van der Waals surface area contributed by atoms with Gasteiger partial charge in [-0.25, -0.2) is 4.98 Å². The third-order valence-electron chi connectivity index (χ3n) is 5.68. The summed E-state index contributed by atoms with van der Waals surface area (Å²) < 4.78 is 1.79. The molecule has 4 aromatic heterocycles. The maximum Gasteiger partial charge on any atom is 0.150 e. The Balaban J connectivity index is 1.33. The minimum Gasteiger partial charge on any atom is -0.366 e. The molecule has 1 N–H and O–H groups in total. The van der Waals surface area contributed by atoms with Gasteiger partial charge < -0.3 is 5.32 Å². The zero-order chi connectivity index (χ0) is 20.3. The first-order valence-electron chi connectivity index (χ1n) is 10.3. The number of rotatable bonds is 6. The summed E-state index contributed by atoms with van der Waals surface area (Å²) >= 11 is 1.83. The SMILES string of the molecule is [B]c1cnn2c(NCc3cccnc3)cc(C3CCN(Cc4cccs4)CC3)nc12. The Kier molecular flexibility index (Phi) is 5.51. The Morgan fingerprint density at radius 3 is 2.83 bits per heavy atom. The van der Waals surface area contributed by atoms with E-state index in [4.69, 9.17) is 12.8 Å². The molecule has 30 heavy (non-hydrogen) atoms. The van der Waals surface area contributed by atoms with Crippen molar-refractivity contribution >= 4 is 36.1 Å². The zero-order valence-electron chi connectivity index (χ0n) is 16.7. The lowest BCUT2D eigenvalue weighted by Gasteiger charge is -2.31. The van der Waals surface area contributed by atoms with E-state index in [0.717, 1.165) is 55.2 Å². The molecule has 0 unspecified atom stereocenters. The van der Waals surface area contributed by atoms with Gasteiger partial charge in [-0.3, -0.25) is 9.88 Å². The lowest BCUT2D eigenvalue weighted by atomic mass is 9.92. The normalized spacial score (nSPS) is 15.6. The van der Waals surface area contributed by atoms with Crippen LogP contribution in [0.1, 0.15) is 34.9 Å². The lowest BCUT2D eigenvalue weighted by molar-refractivity contribution is 0.205. The highest BCUT2D eigenvalue weighted by Crippen LogP contribution is 2.29. The largest absolute Gasteiger partial charge is 0.366 e. The van der Waals surface area contributed by atoms with Crippen molar-refractivity contribution < 1.29 is 0 Å². The molecule has 1 saturated heterocycles. The minimum absolute atomic E-state index is 0.433. The third-order valence-corrected chi connectivity index (χ3v) is 6.54. The summed E-state index contributed by atoms with van der Waals surface area (Å²) in [5.41, 5.74) is 3.55. The highest BCUT2D eigenvalue weighted by Gasteiger charge is 2.23. The number of anilines is 1. The number of likely N-dealkylation sites (tertiary alicyclic amines) is 1. The van der Waals surface area contributed by atoms with Crippen LogP contribution in [0.4, 0.5) is 5.82 Å². The topological polar surface area (TPSA) is 58.4 Å². The van der Waals surface area contributed by atoms with Gasteiger partial charge in [-0.2, -0.15) is 9.61 Å². The van der Waals surface area contributed by atoms with Crippen LogP contribution in [0.25, 0.3) is 5.65 Å². The first kappa shape index (κ1) is 19.3. The second-order valence-corrected chi connectivity index (χ2v) is 8.78. The number of hydrogen-bond donors (Lipinski definition) is 1. The molecular formula is C22H23BN6S. The van der Waals surface area contributed by atoms with Crippen molar-refractivity contribution in [1.29, 1.82) is 0 Å². The minimum atomic E-state index is 0.433. The summed E-state index contributed by atoms with van der Waals surface area (Å²) in [5.74, 6) is 1.35. The Labute approximate surface area is 181 Å². The summed E-state index contributed by atoms with van der Waals surface area (Å²) in [5, 5.41) is 10.1. The van der Waals surface area contributed by atoms with Crippen LogP contribution in [0, 0.1) is 0 Å². The summed E-state index contributed by atoms with van der Waals surface area (Å²) in [7, 11) is 6.16. The van der Waals surface area contributed by atoms with Crippen molar-refractivity contribution in [2.24, 2.45) is 0 Å². The van der Waals surface area contributed by atoms with Crippen LogP contribution in [-0.4, -0.2) is 45.4 Å². The van der Waals surface area contributed by atoms with E-state index in [1.807, 2.05) is 23.6 Å². The Morgan fingerprint density at radius 2 is 2.07 bits per heavy atom. The average molecular weight is 414 g/mol. The molecular weight excluding hydrogens is 391 g/mol. The molecule has 0 aromatic carbocycles. The van der Waals surface area contributed by atoms with Crippen LogP contribution in [-0.2, 0) is 13.1 Å². The summed E-state index contributed by atoms with van der Waals surface area (Å²) in [6.45, 7) is 3.89. The highest BCUT2D eigenvalue weighted by molar-refractivity contribution is 7.09. The van der Waals surface area contributed by atoms with Crippen molar-refractivity contribution in [2.75, 3.05) is 18.4 Å². The summed E-state index contributed by atoms with van der Waals surface area (Å²) in [6.07, 6.45) is 7.53. The summed E-state index contributed by atoms with van der Waals surface area (Å²) in [6, 6.07) is 10.5. The fourth-order valence-electron chi connectivity index (χ4n) is 4.04. The Morgan fingerprint density at radius 1 is 1.17 bits per heavy atom. The molecule has 0 bridgehead atoms. The lowest BCUT2D eigenvalue weighted by Crippen LogP contribution is -2.32. The van der Waals surface area contributed by atoms with Crippen molar-refractivity contribution in [3.63, 3.8) is 0 Å². The fourth-order valence-corrected chi connectivity index (χ4v) is 4.78. The Bertz CT molecular complexity index is 1100. The molecule has 0 atom stereocenters. The van der Waals surface area contributed by atoms with Crippen molar-refractivity contribution in [1.82, 2.24) is 24.5 Å². The monoisotopic (exact) mass is 414 g/mol. The first-order chi connectivity index (χ1) is 14.8. The van der Waals surface area contributed by atoms with E-state index >= 15 is 0 Å². The number of fused-ring (bicyclic) bond motifs is 1. The van der Waals surface area contributed by atoms with Gasteiger partial charge in [0.2, 0.25) is 0 Å². The standard InChI is InChI=1S/C22H23BN6S/c23-19-14-26-29-21(25-13-16-3-1-7-24-12-16)11-20(27-22(19)29)17-5-8-28(9-6-17)15-18-4-2-10-30-18/h1-4,7,10-12,14,17,25H,5-6,8-9,13,15H2. The van der Waals surface area contributed by atoms with Crippen LogP contribution in [0.15, 0.2) is 54.3 Å². The van der Waals surface area contributed by atoms with Gasteiger partial charge in [-0.15, -0.1) is 11.3 Å². The number of nitrogens with one attached hydrogen (secondary N) is 1.